The molecule has 6 nitrogen and oxygen atoms in total. The average molecular weight is 242 g/mol. The van der Waals surface area contributed by atoms with E-state index in [4.69, 9.17) is 10.3 Å². The van der Waals surface area contributed by atoms with Crippen molar-refractivity contribution in [3.05, 3.63) is 53.2 Å². The van der Waals surface area contributed by atoms with E-state index < -0.39 is 0 Å². The van der Waals surface area contributed by atoms with E-state index in [0.717, 1.165) is 5.56 Å². The summed E-state index contributed by atoms with van der Waals surface area (Å²) in [7, 11) is 0. The lowest BCUT2D eigenvalue weighted by atomic mass is 10.1. The summed E-state index contributed by atoms with van der Waals surface area (Å²) < 4.78 is 6.62. The highest BCUT2D eigenvalue weighted by atomic mass is 16.5. The molecule has 0 aliphatic carbocycles. The fourth-order valence-corrected chi connectivity index (χ4v) is 1.82. The third-order valence-electron chi connectivity index (χ3n) is 2.61. The fraction of sp³-hybridized carbons (Fsp3) is 0. The first kappa shape index (κ1) is 10.4. The first-order valence-corrected chi connectivity index (χ1v) is 5.34. The molecular weight excluding hydrogens is 232 g/mol. The number of para-hydroxylation sites is 1. The van der Waals surface area contributed by atoms with Crippen LogP contribution in [0, 0.1) is 0 Å². The van der Waals surface area contributed by atoms with Gasteiger partial charge < -0.3 is 15.2 Å². The first-order valence-electron chi connectivity index (χ1n) is 5.34. The number of nitrogens with two attached hydrogens (primary N) is 1. The van der Waals surface area contributed by atoms with Crippen molar-refractivity contribution in [3.8, 4) is 17.0 Å². The van der Waals surface area contributed by atoms with E-state index in [-0.39, 0.29) is 5.69 Å². The van der Waals surface area contributed by atoms with Gasteiger partial charge in [0.2, 0.25) is 0 Å². The van der Waals surface area contributed by atoms with Crippen LogP contribution in [0.2, 0.25) is 0 Å². The molecule has 0 amide bonds. The van der Waals surface area contributed by atoms with Gasteiger partial charge in [-0.15, -0.1) is 0 Å². The molecule has 2 aromatic heterocycles. The van der Waals surface area contributed by atoms with Crippen molar-refractivity contribution in [1.29, 1.82) is 0 Å². The SMILES string of the molecule is Nc1cc(-c2ccccc2-n2cc[nH]c2=O)on1. The van der Waals surface area contributed by atoms with Crippen LogP contribution in [0.1, 0.15) is 0 Å². The summed E-state index contributed by atoms with van der Waals surface area (Å²) in [5.41, 5.74) is 6.78. The number of hydrogen-bond donors (Lipinski definition) is 2. The van der Waals surface area contributed by atoms with Gasteiger partial charge in [0, 0.05) is 24.0 Å². The minimum absolute atomic E-state index is 0.213. The standard InChI is InChI=1S/C12H10N4O2/c13-11-7-10(18-15-11)8-3-1-2-4-9(8)16-6-5-14-12(16)17/h1-7H,(H2,13,15)(H,14,17). The molecule has 3 N–H and O–H groups in total. The van der Waals surface area contributed by atoms with Gasteiger partial charge in [0.05, 0.1) is 5.69 Å². The largest absolute Gasteiger partial charge is 0.381 e. The quantitative estimate of drug-likeness (QED) is 0.710. The Balaban J connectivity index is 2.23. The van der Waals surface area contributed by atoms with Crippen LogP contribution in [-0.4, -0.2) is 14.7 Å². The molecule has 0 unspecified atom stereocenters. The first-order chi connectivity index (χ1) is 8.75. The molecule has 0 aliphatic rings. The van der Waals surface area contributed by atoms with Crippen molar-refractivity contribution < 1.29 is 4.52 Å². The third kappa shape index (κ3) is 1.60. The molecule has 3 aromatic rings. The Bertz CT molecular complexity index is 738. The Kier molecular flexibility index (Phi) is 2.26. The molecule has 0 saturated heterocycles. The van der Waals surface area contributed by atoms with Crippen molar-refractivity contribution in [2.75, 3.05) is 5.73 Å². The molecule has 6 heteroatoms. The van der Waals surface area contributed by atoms with Gasteiger partial charge in [-0.25, -0.2) is 4.79 Å². The zero-order valence-corrected chi connectivity index (χ0v) is 9.33. The van der Waals surface area contributed by atoms with Crippen molar-refractivity contribution in [3.63, 3.8) is 0 Å². The number of anilines is 1. The molecule has 2 heterocycles. The second-order valence-corrected chi connectivity index (χ2v) is 3.77. The molecule has 0 spiro atoms. The number of nitrogen functional groups attached to an aromatic ring is 1. The Hall–Kier alpha value is -2.76. The molecule has 0 bridgehead atoms. The van der Waals surface area contributed by atoms with Crippen LogP contribution in [0.5, 0.6) is 0 Å². The minimum atomic E-state index is -0.213. The number of aromatic amines is 1. The highest BCUT2D eigenvalue weighted by Crippen LogP contribution is 2.26. The number of H-pyrrole nitrogens is 1. The summed E-state index contributed by atoms with van der Waals surface area (Å²) in [6.45, 7) is 0. The summed E-state index contributed by atoms with van der Waals surface area (Å²) in [5.74, 6) is 0.831. The van der Waals surface area contributed by atoms with Crippen LogP contribution in [0.4, 0.5) is 5.82 Å². The molecule has 0 saturated carbocycles. The monoisotopic (exact) mass is 242 g/mol. The average Bonchev–Trinajstić information content (AvgIpc) is 2.98. The topological polar surface area (TPSA) is 89.8 Å². The zero-order valence-electron chi connectivity index (χ0n) is 9.33. The highest BCUT2D eigenvalue weighted by molar-refractivity contribution is 5.70. The van der Waals surface area contributed by atoms with Crippen molar-refractivity contribution in [1.82, 2.24) is 14.7 Å². The molecule has 1 aromatic carbocycles. The third-order valence-corrected chi connectivity index (χ3v) is 2.61. The predicted molar refractivity (Wildman–Crippen MR) is 66.3 cm³/mol. The van der Waals surface area contributed by atoms with Crippen LogP contribution >= 0.6 is 0 Å². The number of hydrogen-bond acceptors (Lipinski definition) is 4. The molecule has 3 rings (SSSR count). The summed E-state index contributed by atoms with van der Waals surface area (Å²) in [5, 5.41) is 3.65. The van der Waals surface area contributed by atoms with Gasteiger partial charge in [-0.05, 0) is 12.1 Å². The Labute approximate surface area is 102 Å². The molecular formula is C12H10N4O2. The van der Waals surface area contributed by atoms with E-state index in [0.29, 0.717) is 17.3 Å². The van der Waals surface area contributed by atoms with E-state index in [9.17, 15) is 4.79 Å². The van der Waals surface area contributed by atoms with Gasteiger partial charge in [-0.1, -0.05) is 17.3 Å². The zero-order chi connectivity index (χ0) is 12.5. The maximum absolute atomic E-state index is 11.6. The molecule has 0 atom stereocenters. The van der Waals surface area contributed by atoms with Crippen LogP contribution < -0.4 is 11.4 Å². The molecule has 18 heavy (non-hydrogen) atoms. The van der Waals surface area contributed by atoms with E-state index in [1.54, 1.807) is 18.5 Å². The lowest BCUT2D eigenvalue weighted by Gasteiger charge is -2.05. The minimum Gasteiger partial charge on any atom is -0.381 e. The Morgan fingerprint density at radius 1 is 1.33 bits per heavy atom. The van der Waals surface area contributed by atoms with Gasteiger partial charge in [-0.2, -0.15) is 0 Å². The lowest BCUT2D eigenvalue weighted by molar-refractivity contribution is 0.435. The number of nitrogens with zero attached hydrogens (tertiary/aromatic N) is 2. The van der Waals surface area contributed by atoms with E-state index in [1.165, 1.54) is 4.57 Å². The summed E-state index contributed by atoms with van der Waals surface area (Å²) >= 11 is 0. The number of aromatic nitrogens is 3. The van der Waals surface area contributed by atoms with E-state index >= 15 is 0 Å². The number of imidazole rings is 1. The lowest BCUT2D eigenvalue weighted by Crippen LogP contribution is -2.14. The second-order valence-electron chi connectivity index (χ2n) is 3.77. The smallest absolute Gasteiger partial charge is 0.330 e. The number of benzene rings is 1. The second kappa shape index (κ2) is 3.92. The van der Waals surface area contributed by atoms with Gasteiger partial charge in [0.25, 0.3) is 0 Å². The summed E-state index contributed by atoms with van der Waals surface area (Å²) in [6.07, 6.45) is 3.23. The normalized spacial score (nSPS) is 10.7. The summed E-state index contributed by atoms with van der Waals surface area (Å²) in [6, 6.07) is 8.99. The molecule has 0 fully saturated rings. The fourth-order valence-electron chi connectivity index (χ4n) is 1.82. The summed E-state index contributed by atoms with van der Waals surface area (Å²) in [4.78, 5) is 14.2. The van der Waals surface area contributed by atoms with E-state index in [2.05, 4.69) is 10.1 Å². The predicted octanol–water partition coefficient (Wildman–Crippen LogP) is 1.40. The van der Waals surface area contributed by atoms with Crippen molar-refractivity contribution in [2.24, 2.45) is 0 Å². The maximum atomic E-state index is 11.6. The van der Waals surface area contributed by atoms with Gasteiger partial charge in [-0.3, -0.25) is 4.57 Å². The van der Waals surface area contributed by atoms with Gasteiger partial charge in [0.1, 0.15) is 0 Å². The van der Waals surface area contributed by atoms with Crippen LogP contribution in [-0.2, 0) is 0 Å². The van der Waals surface area contributed by atoms with Gasteiger partial charge >= 0.3 is 5.69 Å². The van der Waals surface area contributed by atoms with Crippen LogP contribution in [0.3, 0.4) is 0 Å². The Morgan fingerprint density at radius 2 is 2.17 bits per heavy atom. The van der Waals surface area contributed by atoms with Crippen molar-refractivity contribution >= 4 is 5.82 Å². The van der Waals surface area contributed by atoms with Crippen LogP contribution in [0.25, 0.3) is 17.0 Å². The highest BCUT2D eigenvalue weighted by Gasteiger charge is 2.12. The Morgan fingerprint density at radius 3 is 2.83 bits per heavy atom. The van der Waals surface area contributed by atoms with Crippen LogP contribution in [0.15, 0.2) is 52.0 Å². The number of nitrogens with one attached hydrogen (secondary N) is 1. The maximum Gasteiger partial charge on any atom is 0.330 e. The van der Waals surface area contributed by atoms with Gasteiger partial charge in [0.15, 0.2) is 11.6 Å². The molecule has 90 valence electrons. The van der Waals surface area contributed by atoms with E-state index in [1.807, 2.05) is 24.3 Å². The number of rotatable bonds is 2. The molecule has 0 radical (unpaired) electrons. The van der Waals surface area contributed by atoms with Crippen molar-refractivity contribution in [2.45, 2.75) is 0 Å². The molecule has 0 aliphatic heterocycles.